The van der Waals surface area contributed by atoms with Crippen molar-refractivity contribution >= 4 is 11.3 Å². The molecule has 18 heavy (non-hydrogen) atoms. The van der Waals surface area contributed by atoms with Gasteiger partial charge in [-0.15, -0.1) is 11.3 Å². The molecular weight excluding hydrogens is 242 g/mol. The molecule has 1 unspecified atom stereocenters. The van der Waals surface area contributed by atoms with Crippen molar-refractivity contribution in [2.75, 3.05) is 6.54 Å². The quantitative estimate of drug-likeness (QED) is 0.852. The van der Waals surface area contributed by atoms with Gasteiger partial charge in [0.25, 0.3) is 0 Å². The maximum absolute atomic E-state index is 10.1. The summed E-state index contributed by atoms with van der Waals surface area (Å²) >= 11 is 1.83. The normalized spacial score (nSPS) is 18.3. The summed E-state index contributed by atoms with van der Waals surface area (Å²) in [6.07, 6.45) is 3.33. The molecule has 0 bridgehead atoms. The Morgan fingerprint density at radius 2 is 2.17 bits per heavy atom. The average Bonchev–Trinajstić information content (AvgIpc) is 3.01. The van der Waals surface area contributed by atoms with Gasteiger partial charge in [-0.05, 0) is 36.1 Å². The Kier molecular flexibility index (Phi) is 4.46. The highest BCUT2D eigenvalue weighted by atomic mass is 32.1. The molecule has 1 aromatic rings. The number of rotatable bonds is 6. The van der Waals surface area contributed by atoms with Crippen LogP contribution in [0.4, 0.5) is 0 Å². The van der Waals surface area contributed by atoms with E-state index in [2.05, 4.69) is 43.2 Å². The van der Waals surface area contributed by atoms with Gasteiger partial charge in [-0.25, -0.2) is 0 Å². The Balaban J connectivity index is 1.84. The molecule has 1 aliphatic carbocycles. The second-order valence-corrected chi connectivity index (χ2v) is 7.48. The van der Waals surface area contributed by atoms with E-state index in [0.717, 1.165) is 25.6 Å². The molecule has 2 nitrogen and oxygen atoms in total. The lowest BCUT2D eigenvalue weighted by molar-refractivity contribution is 0.0439. The Labute approximate surface area is 115 Å². The van der Waals surface area contributed by atoms with E-state index in [-0.39, 0.29) is 11.5 Å². The van der Waals surface area contributed by atoms with Crippen molar-refractivity contribution in [3.05, 3.63) is 22.4 Å². The molecule has 0 amide bonds. The van der Waals surface area contributed by atoms with Crippen LogP contribution in [0.1, 0.15) is 44.9 Å². The number of hydrogen-bond acceptors (Lipinski definition) is 3. The summed E-state index contributed by atoms with van der Waals surface area (Å²) in [6, 6.07) is 5.09. The minimum Gasteiger partial charge on any atom is -0.393 e. The van der Waals surface area contributed by atoms with E-state index in [4.69, 9.17) is 0 Å². The molecule has 0 aliphatic heterocycles. The molecule has 0 aromatic carbocycles. The van der Waals surface area contributed by atoms with Crippen molar-refractivity contribution < 1.29 is 5.11 Å². The fourth-order valence-electron chi connectivity index (χ4n) is 2.15. The van der Waals surface area contributed by atoms with Crippen LogP contribution in [0.3, 0.4) is 0 Å². The summed E-state index contributed by atoms with van der Waals surface area (Å²) in [5.41, 5.74) is -0.00183. The highest BCUT2D eigenvalue weighted by molar-refractivity contribution is 7.09. The van der Waals surface area contributed by atoms with Crippen molar-refractivity contribution in [1.29, 1.82) is 0 Å². The molecule has 3 heteroatoms. The van der Waals surface area contributed by atoms with Gasteiger partial charge in [0.15, 0.2) is 0 Å². The van der Waals surface area contributed by atoms with E-state index in [1.807, 2.05) is 11.3 Å². The van der Waals surface area contributed by atoms with Crippen molar-refractivity contribution in [2.24, 2.45) is 5.41 Å². The third-order valence-electron chi connectivity index (χ3n) is 3.69. The minimum atomic E-state index is -0.206. The van der Waals surface area contributed by atoms with Gasteiger partial charge in [0, 0.05) is 24.0 Å². The minimum absolute atomic E-state index is 0.00183. The summed E-state index contributed by atoms with van der Waals surface area (Å²) in [5.74, 6) is 0. The third kappa shape index (κ3) is 4.08. The van der Waals surface area contributed by atoms with E-state index in [0.29, 0.717) is 0 Å². The summed E-state index contributed by atoms with van der Waals surface area (Å²) in [4.78, 5) is 3.98. The summed E-state index contributed by atoms with van der Waals surface area (Å²) in [6.45, 7) is 8.40. The maximum Gasteiger partial charge on any atom is 0.0600 e. The van der Waals surface area contributed by atoms with Crippen LogP contribution in [-0.2, 0) is 6.54 Å². The monoisotopic (exact) mass is 267 g/mol. The Bertz CT molecular complexity index is 351. The molecule has 2 rings (SSSR count). The number of nitrogens with zero attached hydrogens (tertiary/aromatic N) is 1. The second-order valence-electron chi connectivity index (χ2n) is 6.45. The van der Waals surface area contributed by atoms with Crippen molar-refractivity contribution in [3.63, 3.8) is 0 Å². The van der Waals surface area contributed by atoms with Crippen LogP contribution in [0.2, 0.25) is 0 Å². The molecule has 102 valence electrons. The van der Waals surface area contributed by atoms with Gasteiger partial charge in [-0.1, -0.05) is 26.8 Å². The third-order valence-corrected chi connectivity index (χ3v) is 4.55. The fourth-order valence-corrected chi connectivity index (χ4v) is 2.88. The van der Waals surface area contributed by atoms with Crippen molar-refractivity contribution in [2.45, 2.75) is 58.7 Å². The fraction of sp³-hybridized carbons (Fsp3) is 0.733. The average molecular weight is 267 g/mol. The first-order valence-electron chi connectivity index (χ1n) is 6.91. The molecule has 1 aromatic heterocycles. The van der Waals surface area contributed by atoms with E-state index in [1.165, 1.54) is 17.7 Å². The smallest absolute Gasteiger partial charge is 0.0600 e. The van der Waals surface area contributed by atoms with E-state index < -0.39 is 0 Å². The lowest BCUT2D eigenvalue weighted by Gasteiger charge is -2.29. The molecule has 0 saturated heterocycles. The van der Waals surface area contributed by atoms with Crippen LogP contribution in [0, 0.1) is 5.41 Å². The van der Waals surface area contributed by atoms with Gasteiger partial charge >= 0.3 is 0 Å². The van der Waals surface area contributed by atoms with Gasteiger partial charge in [0.2, 0.25) is 0 Å². The standard InChI is InChI=1S/C15H25NOS/c1-15(2,3)14(17)8-9-16(12-6-7-12)11-13-5-4-10-18-13/h4-5,10,12,14,17H,6-9,11H2,1-3H3. The predicted octanol–water partition coefficient (Wildman–Crippen LogP) is 3.51. The number of aliphatic hydroxyl groups is 1. The Morgan fingerprint density at radius 1 is 1.44 bits per heavy atom. The van der Waals surface area contributed by atoms with E-state index in [9.17, 15) is 5.11 Å². The molecule has 1 heterocycles. The highest BCUT2D eigenvalue weighted by Gasteiger charge is 2.30. The van der Waals surface area contributed by atoms with E-state index in [1.54, 1.807) is 0 Å². The molecule has 1 fully saturated rings. The van der Waals surface area contributed by atoms with Crippen molar-refractivity contribution in [3.8, 4) is 0 Å². The number of aliphatic hydroxyl groups excluding tert-OH is 1. The van der Waals surface area contributed by atoms with Crippen LogP contribution in [-0.4, -0.2) is 28.7 Å². The van der Waals surface area contributed by atoms with Gasteiger partial charge in [0.05, 0.1) is 6.10 Å². The first kappa shape index (κ1) is 14.0. The summed E-state index contributed by atoms with van der Waals surface area (Å²) in [5, 5.41) is 12.3. The van der Waals surface area contributed by atoms with Gasteiger partial charge in [-0.2, -0.15) is 0 Å². The molecule has 0 radical (unpaired) electrons. The molecule has 0 spiro atoms. The summed E-state index contributed by atoms with van der Waals surface area (Å²) in [7, 11) is 0. The topological polar surface area (TPSA) is 23.5 Å². The summed E-state index contributed by atoms with van der Waals surface area (Å²) < 4.78 is 0. The van der Waals surface area contributed by atoms with Crippen LogP contribution < -0.4 is 0 Å². The lowest BCUT2D eigenvalue weighted by Crippen LogP contribution is -2.33. The van der Waals surface area contributed by atoms with Gasteiger partial charge < -0.3 is 5.11 Å². The molecular formula is C15H25NOS. The van der Waals surface area contributed by atoms with Crippen LogP contribution >= 0.6 is 11.3 Å². The number of thiophene rings is 1. The predicted molar refractivity (Wildman–Crippen MR) is 77.8 cm³/mol. The molecule has 1 atom stereocenters. The lowest BCUT2D eigenvalue weighted by atomic mass is 9.87. The first-order valence-corrected chi connectivity index (χ1v) is 7.79. The van der Waals surface area contributed by atoms with Gasteiger partial charge in [0.1, 0.15) is 0 Å². The van der Waals surface area contributed by atoms with Crippen LogP contribution in [0.5, 0.6) is 0 Å². The highest BCUT2D eigenvalue weighted by Crippen LogP contribution is 2.30. The second kappa shape index (κ2) is 5.72. The SMILES string of the molecule is CC(C)(C)C(O)CCN(Cc1cccs1)C1CC1. The van der Waals surface area contributed by atoms with Crippen LogP contribution in [0.15, 0.2) is 17.5 Å². The van der Waals surface area contributed by atoms with E-state index >= 15 is 0 Å². The number of hydrogen-bond donors (Lipinski definition) is 1. The zero-order chi connectivity index (χ0) is 13.2. The zero-order valence-electron chi connectivity index (χ0n) is 11.7. The Morgan fingerprint density at radius 3 is 2.67 bits per heavy atom. The van der Waals surface area contributed by atoms with Crippen molar-refractivity contribution in [1.82, 2.24) is 4.90 Å². The Hall–Kier alpha value is -0.380. The molecule has 1 aliphatic rings. The molecule has 1 N–H and O–H groups in total. The molecule has 1 saturated carbocycles. The zero-order valence-corrected chi connectivity index (χ0v) is 12.5. The maximum atomic E-state index is 10.1. The van der Waals surface area contributed by atoms with Crippen LogP contribution in [0.25, 0.3) is 0 Å². The largest absolute Gasteiger partial charge is 0.393 e. The first-order chi connectivity index (χ1) is 8.47. The van der Waals surface area contributed by atoms with Gasteiger partial charge in [-0.3, -0.25) is 4.90 Å².